The van der Waals surface area contributed by atoms with Gasteiger partial charge in [0.15, 0.2) is 0 Å². The van der Waals surface area contributed by atoms with E-state index in [4.69, 9.17) is 14.3 Å². The van der Waals surface area contributed by atoms with E-state index in [9.17, 15) is 0 Å². The van der Waals surface area contributed by atoms with Gasteiger partial charge in [0.25, 0.3) is 0 Å². The molecule has 0 N–H and O–H groups in total. The highest BCUT2D eigenvalue weighted by Crippen LogP contribution is 2.32. The summed E-state index contributed by atoms with van der Waals surface area (Å²) in [6.45, 7) is 5.35. The first-order valence-corrected chi connectivity index (χ1v) is 9.35. The molecule has 0 aliphatic carbocycles. The molecule has 1 saturated heterocycles. The van der Waals surface area contributed by atoms with Gasteiger partial charge >= 0.3 is 0 Å². The van der Waals surface area contributed by atoms with Crippen molar-refractivity contribution in [3.63, 3.8) is 0 Å². The molecule has 2 aliphatic rings. The molecular weight excluding hydrogens is 340 g/mol. The van der Waals surface area contributed by atoms with Crippen molar-refractivity contribution >= 4 is 5.71 Å². The molecule has 2 aromatic rings. The number of nitrogens with zero attached hydrogens (tertiary/aromatic N) is 2. The van der Waals surface area contributed by atoms with Crippen LogP contribution in [-0.2, 0) is 22.7 Å². The molecule has 142 valence electrons. The number of rotatable bonds is 6. The predicted octanol–water partition coefficient (Wildman–Crippen LogP) is 3.38. The number of fused-ring (bicyclic) bond motifs is 1. The molecule has 5 nitrogen and oxygen atoms in total. The van der Waals surface area contributed by atoms with Crippen molar-refractivity contribution in [1.82, 2.24) is 4.90 Å². The Morgan fingerprint density at radius 2 is 1.93 bits per heavy atom. The molecule has 0 spiro atoms. The molecule has 2 aromatic carbocycles. The van der Waals surface area contributed by atoms with E-state index in [0.717, 1.165) is 42.2 Å². The van der Waals surface area contributed by atoms with Gasteiger partial charge in [-0.15, -0.1) is 0 Å². The number of methoxy groups -OCH3 is 2. The summed E-state index contributed by atoms with van der Waals surface area (Å²) in [6, 6.07) is 14.8. The van der Waals surface area contributed by atoms with E-state index in [1.807, 2.05) is 6.07 Å². The minimum atomic E-state index is 0.134. The van der Waals surface area contributed by atoms with Crippen LogP contribution in [0.2, 0.25) is 0 Å². The zero-order valence-electron chi connectivity index (χ0n) is 16.1. The summed E-state index contributed by atoms with van der Waals surface area (Å²) in [4.78, 5) is 8.18. The third kappa shape index (κ3) is 3.70. The summed E-state index contributed by atoms with van der Waals surface area (Å²) in [5.74, 6) is 1.24. The molecule has 2 aliphatic heterocycles. The zero-order valence-corrected chi connectivity index (χ0v) is 16.1. The van der Waals surface area contributed by atoms with Gasteiger partial charge in [0, 0.05) is 32.3 Å². The average Bonchev–Trinajstić information content (AvgIpc) is 3.23. The van der Waals surface area contributed by atoms with Crippen LogP contribution in [0.1, 0.15) is 22.3 Å². The number of aryl methyl sites for hydroxylation is 1. The van der Waals surface area contributed by atoms with E-state index in [1.165, 1.54) is 11.1 Å². The molecule has 0 aromatic heterocycles. The third-order valence-corrected chi connectivity index (χ3v) is 5.38. The molecule has 27 heavy (non-hydrogen) atoms. The molecule has 2 unspecified atom stereocenters. The Hall–Kier alpha value is -2.37. The van der Waals surface area contributed by atoms with Crippen LogP contribution in [0.15, 0.2) is 47.6 Å². The van der Waals surface area contributed by atoms with Crippen molar-refractivity contribution in [2.45, 2.75) is 26.2 Å². The monoisotopic (exact) mass is 366 g/mol. The molecule has 0 bridgehead atoms. The van der Waals surface area contributed by atoms with Crippen molar-refractivity contribution in [2.24, 2.45) is 11.1 Å². The van der Waals surface area contributed by atoms with E-state index < -0.39 is 0 Å². The molecule has 0 amide bonds. The number of benzene rings is 2. The molecule has 2 heterocycles. The van der Waals surface area contributed by atoms with E-state index in [1.54, 1.807) is 14.2 Å². The highest BCUT2D eigenvalue weighted by Gasteiger charge is 2.42. The van der Waals surface area contributed by atoms with Gasteiger partial charge in [0.1, 0.15) is 11.9 Å². The first-order chi connectivity index (χ1) is 13.2. The fraction of sp³-hybridized carbons (Fsp3) is 0.409. The second kappa shape index (κ2) is 7.71. The Kier molecular flexibility index (Phi) is 5.14. The Labute approximate surface area is 160 Å². The smallest absolute Gasteiger partial charge is 0.149 e. The lowest BCUT2D eigenvalue weighted by Crippen LogP contribution is -2.23. The highest BCUT2D eigenvalue weighted by molar-refractivity contribution is 6.03. The number of likely N-dealkylation sites (tertiary alicyclic amines) is 1. The Morgan fingerprint density at radius 3 is 2.67 bits per heavy atom. The number of hydrogen-bond donors (Lipinski definition) is 0. The van der Waals surface area contributed by atoms with Crippen LogP contribution < -0.4 is 4.74 Å². The maximum atomic E-state index is 5.76. The van der Waals surface area contributed by atoms with Crippen LogP contribution in [-0.4, -0.2) is 44.0 Å². The largest absolute Gasteiger partial charge is 0.496 e. The van der Waals surface area contributed by atoms with Crippen molar-refractivity contribution in [3.8, 4) is 5.75 Å². The van der Waals surface area contributed by atoms with Crippen molar-refractivity contribution in [3.05, 3.63) is 64.7 Å². The normalized spacial score (nSPS) is 21.7. The Bertz CT molecular complexity index is 832. The molecule has 4 rings (SSSR count). The van der Waals surface area contributed by atoms with Crippen LogP contribution in [0.4, 0.5) is 0 Å². The van der Waals surface area contributed by atoms with E-state index in [0.29, 0.717) is 12.5 Å². The number of ether oxygens (including phenoxy) is 2. The SMILES string of the molecule is COCc1ccc(OC)c(CN2CC3ON=C(c4ccc(C)cc4)C3C2)c1. The fourth-order valence-corrected chi connectivity index (χ4v) is 3.99. The number of hydrogen-bond acceptors (Lipinski definition) is 5. The standard InChI is InChI=1S/C22H26N2O3/c1-15-4-7-17(8-5-15)22-19-12-24(13-21(19)27-23-22)11-18-10-16(14-25-2)6-9-20(18)26-3/h4-10,19,21H,11-14H2,1-3H3. The molecular formula is C22H26N2O3. The van der Waals surface area contributed by atoms with Crippen LogP contribution in [0.25, 0.3) is 0 Å². The van der Waals surface area contributed by atoms with Gasteiger partial charge in [0.05, 0.1) is 25.3 Å². The van der Waals surface area contributed by atoms with Gasteiger partial charge in [-0.2, -0.15) is 0 Å². The lowest BCUT2D eigenvalue weighted by atomic mass is 9.94. The van der Waals surface area contributed by atoms with Gasteiger partial charge < -0.3 is 14.3 Å². The maximum absolute atomic E-state index is 5.76. The lowest BCUT2D eigenvalue weighted by Gasteiger charge is -2.19. The second-order valence-electron chi connectivity index (χ2n) is 7.37. The molecule has 0 radical (unpaired) electrons. The Balaban J connectivity index is 1.48. The first kappa shape index (κ1) is 18.0. The Morgan fingerprint density at radius 1 is 1.11 bits per heavy atom. The van der Waals surface area contributed by atoms with Crippen LogP contribution in [0.3, 0.4) is 0 Å². The summed E-state index contributed by atoms with van der Waals surface area (Å²) in [6.07, 6.45) is 0.134. The van der Waals surface area contributed by atoms with Crippen LogP contribution in [0.5, 0.6) is 5.75 Å². The van der Waals surface area contributed by atoms with Gasteiger partial charge in [-0.1, -0.05) is 41.1 Å². The second-order valence-corrected chi connectivity index (χ2v) is 7.37. The summed E-state index contributed by atoms with van der Waals surface area (Å²) >= 11 is 0. The van der Waals surface area contributed by atoms with E-state index >= 15 is 0 Å². The fourth-order valence-electron chi connectivity index (χ4n) is 3.99. The summed E-state index contributed by atoms with van der Waals surface area (Å²) in [5, 5.41) is 4.38. The number of oxime groups is 1. The topological polar surface area (TPSA) is 43.3 Å². The predicted molar refractivity (Wildman–Crippen MR) is 105 cm³/mol. The summed E-state index contributed by atoms with van der Waals surface area (Å²) in [7, 11) is 3.44. The van der Waals surface area contributed by atoms with Gasteiger partial charge in [0.2, 0.25) is 0 Å². The molecule has 2 atom stereocenters. The quantitative estimate of drug-likeness (QED) is 0.786. The highest BCUT2D eigenvalue weighted by atomic mass is 16.6. The molecule has 1 fully saturated rings. The van der Waals surface area contributed by atoms with Crippen LogP contribution in [0, 0.1) is 12.8 Å². The van der Waals surface area contributed by atoms with Crippen molar-refractivity contribution in [2.75, 3.05) is 27.3 Å². The van der Waals surface area contributed by atoms with Gasteiger partial charge in [-0.25, -0.2) is 0 Å². The summed E-state index contributed by atoms with van der Waals surface area (Å²) < 4.78 is 10.8. The molecule has 5 heteroatoms. The van der Waals surface area contributed by atoms with Gasteiger partial charge in [-0.05, 0) is 30.2 Å². The third-order valence-electron chi connectivity index (χ3n) is 5.38. The minimum Gasteiger partial charge on any atom is -0.496 e. The van der Waals surface area contributed by atoms with Crippen molar-refractivity contribution in [1.29, 1.82) is 0 Å². The van der Waals surface area contributed by atoms with Gasteiger partial charge in [-0.3, -0.25) is 4.90 Å². The lowest BCUT2D eigenvalue weighted by molar-refractivity contribution is 0.0744. The van der Waals surface area contributed by atoms with Crippen LogP contribution >= 0.6 is 0 Å². The molecule has 0 saturated carbocycles. The maximum Gasteiger partial charge on any atom is 0.149 e. The van der Waals surface area contributed by atoms with Crippen molar-refractivity contribution < 1.29 is 14.3 Å². The van der Waals surface area contributed by atoms with E-state index in [2.05, 4.69) is 53.4 Å². The minimum absolute atomic E-state index is 0.134. The zero-order chi connectivity index (χ0) is 18.8. The summed E-state index contributed by atoms with van der Waals surface area (Å²) in [5.41, 5.74) is 5.83. The van der Waals surface area contributed by atoms with E-state index in [-0.39, 0.29) is 6.10 Å². The average molecular weight is 366 g/mol. The first-order valence-electron chi connectivity index (χ1n) is 9.35.